The lowest BCUT2D eigenvalue weighted by Gasteiger charge is -2.34. The number of thiazole rings is 1. The van der Waals surface area contributed by atoms with E-state index >= 15 is 0 Å². The number of aromatic nitrogens is 1. The summed E-state index contributed by atoms with van der Waals surface area (Å²) in [5.74, 6) is 0.982. The van der Waals surface area contributed by atoms with Crippen molar-refractivity contribution >= 4 is 45.3 Å². The number of amides is 2. The number of rotatable bonds is 6. The highest BCUT2D eigenvalue weighted by atomic mass is 32.1. The van der Waals surface area contributed by atoms with Crippen LogP contribution in [-0.4, -0.2) is 34.8 Å². The van der Waals surface area contributed by atoms with Gasteiger partial charge in [0.25, 0.3) is 11.8 Å². The van der Waals surface area contributed by atoms with E-state index in [-0.39, 0.29) is 11.8 Å². The van der Waals surface area contributed by atoms with Crippen LogP contribution in [0.15, 0.2) is 47.2 Å². The lowest BCUT2D eigenvalue weighted by molar-refractivity contribution is 0.101. The quantitative estimate of drug-likeness (QED) is 0.538. The normalized spacial score (nSPS) is 19.2. The third-order valence-corrected chi connectivity index (χ3v) is 6.91. The summed E-state index contributed by atoms with van der Waals surface area (Å²) in [6, 6.07) is 10.5. The summed E-state index contributed by atoms with van der Waals surface area (Å²) in [6.07, 6.45) is 1.28. The first-order valence-corrected chi connectivity index (χ1v) is 12.1. The molecule has 2 atom stereocenters. The topological polar surface area (TPSA) is 74.3 Å². The summed E-state index contributed by atoms with van der Waals surface area (Å²) < 4.78 is 0. The van der Waals surface area contributed by atoms with Crippen molar-refractivity contribution in [3.8, 4) is 0 Å². The molecule has 6 nitrogen and oxygen atoms in total. The average molecular weight is 455 g/mol. The minimum absolute atomic E-state index is 0.182. The van der Waals surface area contributed by atoms with Gasteiger partial charge < -0.3 is 5.32 Å². The van der Waals surface area contributed by atoms with Crippen LogP contribution in [0.4, 0.5) is 10.8 Å². The second-order valence-electron chi connectivity index (χ2n) is 8.25. The van der Waals surface area contributed by atoms with Gasteiger partial charge in [-0.2, -0.15) is 0 Å². The lowest BCUT2D eigenvalue weighted by atomic mass is 9.92. The molecule has 31 heavy (non-hydrogen) atoms. The van der Waals surface area contributed by atoms with Crippen molar-refractivity contribution in [3.05, 3.63) is 63.3 Å². The summed E-state index contributed by atoms with van der Waals surface area (Å²) in [4.78, 5) is 32.6. The van der Waals surface area contributed by atoms with Crippen LogP contribution in [0.5, 0.6) is 0 Å². The molecule has 2 aromatic heterocycles. The highest BCUT2D eigenvalue weighted by Crippen LogP contribution is 2.24. The number of likely N-dealkylation sites (tertiary alicyclic amines) is 1. The van der Waals surface area contributed by atoms with E-state index in [2.05, 4.69) is 34.4 Å². The second kappa shape index (κ2) is 9.72. The molecule has 2 amide bonds. The fraction of sp³-hybridized carbons (Fsp3) is 0.348. The van der Waals surface area contributed by atoms with E-state index in [9.17, 15) is 9.59 Å². The molecular formula is C23H26N4O2S2. The Morgan fingerprint density at radius 3 is 2.61 bits per heavy atom. The van der Waals surface area contributed by atoms with Crippen LogP contribution in [0.1, 0.15) is 46.0 Å². The third-order valence-electron chi connectivity index (χ3n) is 5.23. The Kier molecular flexibility index (Phi) is 6.80. The van der Waals surface area contributed by atoms with E-state index in [0.29, 0.717) is 33.1 Å². The monoisotopic (exact) mass is 454 g/mol. The Hall–Kier alpha value is -2.55. The number of piperidine rings is 1. The number of nitrogens with one attached hydrogen (secondary N) is 2. The molecule has 8 heteroatoms. The zero-order chi connectivity index (χ0) is 21.8. The van der Waals surface area contributed by atoms with Crippen LogP contribution in [0.25, 0.3) is 0 Å². The van der Waals surface area contributed by atoms with Gasteiger partial charge in [-0.05, 0) is 47.9 Å². The van der Waals surface area contributed by atoms with Gasteiger partial charge in [0.1, 0.15) is 0 Å². The Morgan fingerprint density at radius 1 is 1.06 bits per heavy atom. The molecule has 4 rings (SSSR count). The Balaban J connectivity index is 1.36. The molecule has 1 saturated heterocycles. The van der Waals surface area contributed by atoms with Crippen LogP contribution >= 0.6 is 22.7 Å². The van der Waals surface area contributed by atoms with Gasteiger partial charge in [0.15, 0.2) is 5.13 Å². The van der Waals surface area contributed by atoms with Gasteiger partial charge in [-0.25, -0.2) is 4.98 Å². The lowest BCUT2D eigenvalue weighted by Crippen LogP contribution is -2.38. The molecule has 3 aromatic rings. The second-order valence-corrected chi connectivity index (χ2v) is 10.1. The van der Waals surface area contributed by atoms with Crippen LogP contribution in [0.3, 0.4) is 0 Å². The average Bonchev–Trinajstić information content (AvgIpc) is 3.40. The molecular weight excluding hydrogens is 428 g/mol. The molecule has 0 radical (unpaired) electrons. The number of hydrogen-bond acceptors (Lipinski definition) is 6. The standard InChI is InChI=1S/C23H26N4O2S2/c1-15-9-16(2)12-27(11-15)13-19-14-31-23(25-19)26-21(28)17-5-3-6-18(10-17)24-22(29)20-7-4-8-30-20/h3-8,10,14-16H,9,11-13H2,1-2H3,(H,24,29)(H,25,26,28). The van der Waals surface area contributed by atoms with E-state index in [0.717, 1.165) is 25.3 Å². The van der Waals surface area contributed by atoms with Crippen LogP contribution in [-0.2, 0) is 6.54 Å². The van der Waals surface area contributed by atoms with E-state index < -0.39 is 0 Å². The van der Waals surface area contributed by atoms with Gasteiger partial charge in [-0.15, -0.1) is 22.7 Å². The fourth-order valence-corrected chi connectivity index (χ4v) is 5.41. The number of anilines is 2. The molecule has 1 fully saturated rings. The fourth-order valence-electron chi connectivity index (χ4n) is 4.10. The van der Waals surface area contributed by atoms with Crippen molar-refractivity contribution in [3.63, 3.8) is 0 Å². The Bertz CT molecular complexity index is 1040. The first-order chi connectivity index (χ1) is 15.0. The van der Waals surface area contributed by atoms with Gasteiger partial charge in [-0.1, -0.05) is 26.0 Å². The largest absolute Gasteiger partial charge is 0.321 e. The van der Waals surface area contributed by atoms with Gasteiger partial charge in [0.05, 0.1) is 10.6 Å². The van der Waals surface area contributed by atoms with E-state index in [1.807, 2.05) is 16.8 Å². The van der Waals surface area contributed by atoms with Crippen molar-refractivity contribution in [1.29, 1.82) is 0 Å². The zero-order valence-electron chi connectivity index (χ0n) is 17.6. The smallest absolute Gasteiger partial charge is 0.265 e. The number of hydrogen-bond donors (Lipinski definition) is 2. The summed E-state index contributed by atoms with van der Waals surface area (Å²) >= 11 is 2.81. The van der Waals surface area contributed by atoms with Crippen molar-refractivity contribution in [1.82, 2.24) is 9.88 Å². The van der Waals surface area contributed by atoms with Gasteiger partial charge >= 0.3 is 0 Å². The molecule has 162 valence electrons. The van der Waals surface area contributed by atoms with Gasteiger partial charge in [-0.3, -0.25) is 19.8 Å². The Labute approximate surface area is 190 Å². The summed E-state index contributed by atoms with van der Waals surface area (Å²) in [5, 5.41) is 10.2. The van der Waals surface area contributed by atoms with Crippen molar-refractivity contribution in [2.45, 2.75) is 26.8 Å². The van der Waals surface area contributed by atoms with Crippen molar-refractivity contribution < 1.29 is 9.59 Å². The minimum Gasteiger partial charge on any atom is -0.321 e. The molecule has 0 bridgehead atoms. The Morgan fingerprint density at radius 2 is 1.87 bits per heavy atom. The number of thiophene rings is 1. The number of nitrogens with zero attached hydrogens (tertiary/aromatic N) is 2. The number of carbonyl (C=O) groups is 2. The molecule has 0 aliphatic carbocycles. The summed E-state index contributed by atoms with van der Waals surface area (Å²) in [6.45, 7) is 7.59. The number of carbonyl (C=O) groups excluding carboxylic acids is 2. The van der Waals surface area contributed by atoms with E-state index in [1.54, 1.807) is 30.3 Å². The SMILES string of the molecule is CC1CC(C)CN(Cc2csc(NC(=O)c3cccc(NC(=O)c4cccs4)c3)n2)C1. The highest BCUT2D eigenvalue weighted by Gasteiger charge is 2.22. The molecule has 1 aromatic carbocycles. The highest BCUT2D eigenvalue weighted by molar-refractivity contribution is 7.14. The van der Waals surface area contributed by atoms with Crippen LogP contribution in [0, 0.1) is 11.8 Å². The predicted octanol–water partition coefficient (Wildman–Crippen LogP) is 5.19. The molecule has 0 spiro atoms. The molecule has 1 aliphatic heterocycles. The van der Waals surface area contributed by atoms with Crippen LogP contribution < -0.4 is 10.6 Å². The third kappa shape index (κ3) is 5.78. The first kappa shape index (κ1) is 21.7. The van der Waals surface area contributed by atoms with Gasteiger partial charge in [0, 0.05) is 36.3 Å². The maximum Gasteiger partial charge on any atom is 0.265 e. The predicted molar refractivity (Wildman–Crippen MR) is 127 cm³/mol. The van der Waals surface area contributed by atoms with E-state index in [4.69, 9.17) is 0 Å². The summed E-state index contributed by atoms with van der Waals surface area (Å²) in [5.41, 5.74) is 2.04. The zero-order valence-corrected chi connectivity index (χ0v) is 19.3. The maximum atomic E-state index is 12.7. The molecule has 1 aliphatic rings. The first-order valence-electron chi connectivity index (χ1n) is 10.4. The van der Waals surface area contributed by atoms with Gasteiger partial charge in [0.2, 0.25) is 0 Å². The van der Waals surface area contributed by atoms with E-state index in [1.165, 1.54) is 29.1 Å². The molecule has 0 saturated carbocycles. The van der Waals surface area contributed by atoms with Crippen LogP contribution in [0.2, 0.25) is 0 Å². The minimum atomic E-state index is -0.242. The maximum absolute atomic E-state index is 12.7. The summed E-state index contributed by atoms with van der Waals surface area (Å²) in [7, 11) is 0. The van der Waals surface area contributed by atoms with Crippen molar-refractivity contribution in [2.75, 3.05) is 23.7 Å². The molecule has 2 N–H and O–H groups in total. The number of benzene rings is 1. The molecule has 3 heterocycles. The van der Waals surface area contributed by atoms with Crippen molar-refractivity contribution in [2.24, 2.45) is 11.8 Å². The molecule has 2 unspecified atom stereocenters.